The molecule has 4 nitrogen and oxygen atoms in total. The average molecular weight is 204 g/mol. The van der Waals surface area contributed by atoms with Gasteiger partial charge in [-0.15, -0.1) is 0 Å². The molecule has 0 spiro atoms. The van der Waals surface area contributed by atoms with Crippen molar-refractivity contribution in [1.29, 1.82) is 0 Å². The lowest BCUT2D eigenvalue weighted by Gasteiger charge is -2.09. The van der Waals surface area contributed by atoms with Gasteiger partial charge in [0, 0.05) is 6.04 Å². The van der Waals surface area contributed by atoms with Gasteiger partial charge in [-0.05, 0) is 37.1 Å². The number of aromatic nitrogens is 1. The molecule has 78 valence electrons. The molecule has 1 saturated heterocycles. The lowest BCUT2D eigenvalue weighted by Crippen LogP contribution is -2.12. The van der Waals surface area contributed by atoms with Crippen molar-refractivity contribution in [2.24, 2.45) is 0 Å². The predicted molar refractivity (Wildman–Crippen MR) is 56.8 cm³/mol. The molecule has 1 fully saturated rings. The van der Waals surface area contributed by atoms with Crippen molar-refractivity contribution in [1.82, 2.24) is 10.3 Å². The monoisotopic (exact) mass is 204 g/mol. The van der Waals surface area contributed by atoms with Crippen molar-refractivity contribution in [2.75, 3.05) is 6.54 Å². The fourth-order valence-electron chi connectivity index (χ4n) is 2.15. The third kappa shape index (κ3) is 1.47. The fourth-order valence-corrected chi connectivity index (χ4v) is 2.15. The summed E-state index contributed by atoms with van der Waals surface area (Å²) in [7, 11) is 0. The topological polar surface area (TPSA) is 58.0 Å². The van der Waals surface area contributed by atoms with E-state index >= 15 is 0 Å². The molecule has 0 bridgehead atoms. The predicted octanol–water partition coefficient (Wildman–Crippen LogP) is 1.55. The SMILES string of the molecule is O=c1[nH]c2ccc(C3CCCN3)cc2o1. The standard InChI is InChI=1S/C11H12N2O2/c14-11-13-9-4-3-7(6-10(9)15-11)8-2-1-5-12-8/h3-4,6,8,12H,1-2,5H2,(H,13,14). The number of hydrogen-bond acceptors (Lipinski definition) is 3. The molecule has 4 heteroatoms. The number of rotatable bonds is 1. The van der Waals surface area contributed by atoms with Crippen LogP contribution >= 0.6 is 0 Å². The van der Waals surface area contributed by atoms with Gasteiger partial charge in [0.1, 0.15) is 0 Å². The normalized spacial score (nSPS) is 21.2. The number of H-pyrrole nitrogens is 1. The van der Waals surface area contributed by atoms with E-state index < -0.39 is 0 Å². The minimum atomic E-state index is -0.387. The molecule has 0 amide bonds. The summed E-state index contributed by atoms with van der Waals surface area (Å²) in [5.74, 6) is -0.387. The molecule has 1 aromatic carbocycles. The Balaban J connectivity index is 2.08. The zero-order valence-electron chi connectivity index (χ0n) is 8.25. The highest BCUT2D eigenvalue weighted by Gasteiger charge is 2.16. The Bertz CT molecular complexity index is 535. The van der Waals surface area contributed by atoms with E-state index in [1.165, 1.54) is 12.0 Å². The second-order valence-electron chi connectivity index (χ2n) is 3.92. The summed E-state index contributed by atoms with van der Waals surface area (Å²) >= 11 is 0. The minimum absolute atomic E-state index is 0.387. The summed E-state index contributed by atoms with van der Waals surface area (Å²) in [6.45, 7) is 1.07. The quantitative estimate of drug-likeness (QED) is 0.740. The van der Waals surface area contributed by atoms with Gasteiger partial charge in [0.05, 0.1) is 5.52 Å². The third-order valence-corrected chi connectivity index (χ3v) is 2.91. The van der Waals surface area contributed by atoms with Crippen LogP contribution in [0.2, 0.25) is 0 Å². The molecule has 15 heavy (non-hydrogen) atoms. The maximum atomic E-state index is 11.0. The molecule has 1 unspecified atom stereocenters. The first-order valence-electron chi connectivity index (χ1n) is 5.19. The van der Waals surface area contributed by atoms with Crippen LogP contribution in [0.25, 0.3) is 11.1 Å². The molecule has 2 aromatic rings. The molecule has 0 saturated carbocycles. The van der Waals surface area contributed by atoms with Gasteiger partial charge in [0.2, 0.25) is 0 Å². The summed E-state index contributed by atoms with van der Waals surface area (Å²) in [5.41, 5.74) is 2.61. The van der Waals surface area contributed by atoms with Gasteiger partial charge < -0.3 is 9.73 Å². The number of nitrogens with one attached hydrogen (secondary N) is 2. The van der Waals surface area contributed by atoms with E-state index in [4.69, 9.17) is 4.42 Å². The van der Waals surface area contributed by atoms with Crippen LogP contribution in [-0.2, 0) is 0 Å². The Morgan fingerprint density at radius 3 is 3.13 bits per heavy atom. The molecule has 0 aliphatic carbocycles. The molecule has 1 aromatic heterocycles. The largest absolute Gasteiger partial charge is 0.417 e. The molecule has 1 aliphatic rings. The first kappa shape index (κ1) is 8.73. The number of oxazole rings is 1. The van der Waals surface area contributed by atoms with Gasteiger partial charge in [-0.3, -0.25) is 4.98 Å². The van der Waals surface area contributed by atoms with Gasteiger partial charge in [0.25, 0.3) is 0 Å². The van der Waals surface area contributed by atoms with Crippen LogP contribution in [0.3, 0.4) is 0 Å². The first-order chi connectivity index (χ1) is 7.33. The molecule has 3 rings (SSSR count). The number of hydrogen-bond donors (Lipinski definition) is 2. The van der Waals surface area contributed by atoms with Crippen LogP contribution in [0.4, 0.5) is 0 Å². The van der Waals surface area contributed by atoms with E-state index in [-0.39, 0.29) is 5.76 Å². The van der Waals surface area contributed by atoms with E-state index in [2.05, 4.69) is 10.3 Å². The number of fused-ring (bicyclic) bond motifs is 1. The van der Waals surface area contributed by atoms with Crippen molar-refractivity contribution in [3.63, 3.8) is 0 Å². The van der Waals surface area contributed by atoms with Crippen LogP contribution in [-0.4, -0.2) is 11.5 Å². The summed E-state index contributed by atoms with van der Waals surface area (Å²) in [6.07, 6.45) is 2.36. The molecular formula is C11H12N2O2. The van der Waals surface area contributed by atoms with Crippen LogP contribution < -0.4 is 11.1 Å². The van der Waals surface area contributed by atoms with E-state index in [9.17, 15) is 4.79 Å². The van der Waals surface area contributed by atoms with E-state index in [0.717, 1.165) is 18.5 Å². The molecule has 2 N–H and O–H groups in total. The van der Waals surface area contributed by atoms with Gasteiger partial charge in [-0.25, -0.2) is 4.79 Å². The second kappa shape index (κ2) is 3.24. The second-order valence-corrected chi connectivity index (χ2v) is 3.92. The molecule has 2 heterocycles. The van der Waals surface area contributed by atoms with Crippen LogP contribution in [0.5, 0.6) is 0 Å². The van der Waals surface area contributed by atoms with Gasteiger partial charge in [0.15, 0.2) is 5.58 Å². The lowest BCUT2D eigenvalue weighted by atomic mass is 10.1. The zero-order valence-corrected chi connectivity index (χ0v) is 8.25. The maximum Gasteiger partial charge on any atom is 0.417 e. The minimum Gasteiger partial charge on any atom is -0.408 e. The van der Waals surface area contributed by atoms with Crippen molar-refractivity contribution in [3.8, 4) is 0 Å². The third-order valence-electron chi connectivity index (χ3n) is 2.91. The zero-order chi connectivity index (χ0) is 10.3. The van der Waals surface area contributed by atoms with Crippen molar-refractivity contribution in [2.45, 2.75) is 18.9 Å². The van der Waals surface area contributed by atoms with E-state index in [1.807, 2.05) is 18.2 Å². The molecule has 1 atom stereocenters. The Kier molecular flexibility index (Phi) is 1.89. The highest BCUT2D eigenvalue weighted by Crippen LogP contribution is 2.25. The molecule has 0 radical (unpaired) electrons. The van der Waals surface area contributed by atoms with Gasteiger partial charge in [-0.1, -0.05) is 6.07 Å². The summed E-state index contributed by atoms with van der Waals surface area (Å²) in [6, 6.07) is 6.29. The van der Waals surface area contributed by atoms with Crippen LogP contribution in [0.15, 0.2) is 27.4 Å². The van der Waals surface area contributed by atoms with Crippen molar-refractivity contribution >= 4 is 11.1 Å². The van der Waals surface area contributed by atoms with E-state index in [0.29, 0.717) is 11.6 Å². The smallest absolute Gasteiger partial charge is 0.408 e. The van der Waals surface area contributed by atoms with Gasteiger partial charge >= 0.3 is 5.76 Å². The van der Waals surface area contributed by atoms with Crippen LogP contribution in [0, 0.1) is 0 Å². The van der Waals surface area contributed by atoms with Crippen molar-refractivity contribution in [3.05, 3.63) is 34.3 Å². The number of aromatic amines is 1. The Morgan fingerprint density at radius 2 is 2.33 bits per heavy atom. The average Bonchev–Trinajstić information content (AvgIpc) is 2.82. The first-order valence-corrected chi connectivity index (χ1v) is 5.19. The highest BCUT2D eigenvalue weighted by atomic mass is 16.4. The Hall–Kier alpha value is -1.55. The summed E-state index contributed by atoms with van der Waals surface area (Å²) in [5, 5.41) is 3.41. The summed E-state index contributed by atoms with van der Waals surface area (Å²) < 4.78 is 5.03. The van der Waals surface area contributed by atoms with Gasteiger partial charge in [-0.2, -0.15) is 0 Å². The Labute approximate surface area is 86.3 Å². The summed E-state index contributed by atoms with van der Waals surface area (Å²) in [4.78, 5) is 13.6. The van der Waals surface area contributed by atoms with E-state index in [1.54, 1.807) is 0 Å². The highest BCUT2D eigenvalue weighted by molar-refractivity contribution is 5.72. The maximum absolute atomic E-state index is 11.0. The number of benzene rings is 1. The molecule has 1 aliphatic heterocycles. The lowest BCUT2D eigenvalue weighted by molar-refractivity contribution is 0.553. The molecular weight excluding hydrogens is 192 g/mol. The van der Waals surface area contributed by atoms with Crippen LogP contribution in [0.1, 0.15) is 24.4 Å². The van der Waals surface area contributed by atoms with Crippen molar-refractivity contribution < 1.29 is 4.42 Å². The Morgan fingerprint density at radius 1 is 1.40 bits per heavy atom. The fraction of sp³-hybridized carbons (Fsp3) is 0.364.